The number of aromatic hydroxyl groups is 1. The van der Waals surface area contributed by atoms with Gasteiger partial charge in [-0.3, -0.25) is 9.36 Å². The van der Waals surface area contributed by atoms with Gasteiger partial charge in [-0.2, -0.15) is 0 Å². The number of rotatable bonds is 5. The Labute approximate surface area is 182 Å². The molecule has 0 saturated carbocycles. The summed E-state index contributed by atoms with van der Waals surface area (Å²) >= 11 is 6.01. The fourth-order valence-electron chi connectivity index (χ4n) is 3.26. The lowest BCUT2D eigenvalue weighted by molar-refractivity contribution is 0.475. The van der Waals surface area contributed by atoms with Crippen molar-refractivity contribution in [2.24, 2.45) is 0 Å². The molecule has 0 atom stereocenters. The van der Waals surface area contributed by atoms with Crippen LogP contribution in [0.3, 0.4) is 0 Å². The number of nitrogens with one attached hydrogen (secondary N) is 2. The van der Waals surface area contributed by atoms with Crippen molar-refractivity contribution in [1.82, 2.24) is 19.9 Å². The van der Waals surface area contributed by atoms with Crippen LogP contribution in [-0.4, -0.2) is 32.9 Å². The van der Waals surface area contributed by atoms with Gasteiger partial charge >= 0.3 is 0 Å². The average Bonchev–Trinajstić information content (AvgIpc) is 2.78. The second kappa shape index (κ2) is 8.41. The lowest BCUT2D eigenvalue weighted by Crippen LogP contribution is -2.20. The number of hydrogen-bond acceptors (Lipinski definition) is 6. The number of halogens is 1. The summed E-state index contributed by atoms with van der Waals surface area (Å²) in [6.45, 7) is 0. The third kappa shape index (κ3) is 3.91. The molecule has 0 bridgehead atoms. The first-order valence-electron chi connectivity index (χ1n) is 9.38. The number of hydrogen-bond donors (Lipinski definition) is 3. The first kappa shape index (κ1) is 20.3. The van der Waals surface area contributed by atoms with Gasteiger partial charge in [0, 0.05) is 41.7 Å². The molecule has 3 N–H and O–H groups in total. The highest BCUT2D eigenvalue weighted by Crippen LogP contribution is 2.27. The number of allylic oxidation sites excluding steroid dienone is 1. The van der Waals surface area contributed by atoms with E-state index in [0.717, 1.165) is 11.8 Å². The number of pyridine rings is 1. The molecule has 8 heteroatoms. The molecule has 0 aliphatic carbocycles. The van der Waals surface area contributed by atoms with Crippen molar-refractivity contribution in [3.05, 3.63) is 88.2 Å². The molecule has 0 radical (unpaired) electrons. The van der Waals surface area contributed by atoms with Crippen LogP contribution in [-0.2, 0) is 0 Å². The second-order valence-electron chi connectivity index (χ2n) is 6.73. The minimum Gasteiger partial charge on any atom is -0.508 e. The largest absolute Gasteiger partial charge is 0.508 e. The summed E-state index contributed by atoms with van der Waals surface area (Å²) in [5.41, 5.74) is 2.76. The van der Waals surface area contributed by atoms with Crippen LogP contribution in [0.5, 0.6) is 5.75 Å². The molecule has 154 valence electrons. The Bertz CT molecular complexity index is 1380. The quantitative estimate of drug-likeness (QED) is 0.414. The molecule has 0 unspecified atom stereocenters. The van der Waals surface area contributed by atoms with Gasteiger partial charge in [-0.15, -0.1) is 0 Å². The third-order valence-electron chi connectivity index (χ3n) is 4.72. The van der Waals surface area contributed by atoms with Crippen LogP contribution >= 0.6 is 11.6 Å². The van der Waals surface area contributed by atoms with E-state index in [2.05, 4.69) is 10.3 Å². The highest BCUT2D eigenvalue weighted by Gasteiger charge is 2.16. The van der Waals surface area contributed by atoms with Crippen molar-refractivity contribution >= 4 is 34.3 Å². The van der Waals surface area contributed by atoms with Gasteiger partial charge in [-0.1, -0.05) is 29.8 Å². The Morgan fingerprint density at radius 2 is 1.97 bits per heavy atom. The maximum absolute atomic E-state index is 13.4. The van der Waals surface area contributed by atoms with Crippen LogP contribution in [0.25, 0.3) is 33.4 Å². The van der Waals surface area contributed by atoms with Gasteiger partial charge in [0.1, 0.15) is 23.3 Å². The fraction of sp³-hybridized carbons (Fsp3) is 0.0435. The zero-order valence-electron chi connectivity index (χ0n) is 16.5. The first-order valence-corrected chi connectivity index (χ1v) is 9.75. The lowest BCUT2D eigenvalue weighted by atomic mass is 10.1. The number of phenolic OH excluding ortho intramolecular Hbond substituents is 1. The Morgan fingerprint density at radius 3 is 2.65 bits per heavy atom. The molecule has 4 rings (SSSR count). The maximum atomic E-state index is 13.4. The van der Waals surface area contributed by atoms with Crippen molar-refractivity contribution in [2.75, 3.05) is 7.05 Å². The number of phenols is 1. The molecule has 0 spiro atoms. The normalized spacial score (nSPS) is 11.5. The van der Waals surface area contributed by atoms with Crippen LogP contribution in [0.4, 0.5) is 0 Å². The lowest BCUT2D eigenvalue weighted by Gasteiger charge is -2.12. The summed E-state index contributed by atoms with van der Waals surface area (Å²) in [4.78, 5) is 22.6. The molecule has 2 heterocycles. The van der Waals surface area contributed by atoms with Gasteiger partial charge in [0.05, 0.1) is 16.8 Å². The van der Waals surface area contributed by atoms with Gasteiger partial charge in [-0.25, -0.2) is 9.97 Å². The average molecular weight is 432 g/mol. The van der Waals surface area contributed by atoms with Crippen LogP contribution in [0.1, 0.15) is 5.69 Å². The number of aromatic nitrogens is 3. The Hall–Kier alpha value is -3.97. The van der Waals surface area contributed by atoms with E-state index in [0.29, 0.717) is 38.6 Å². The minimum absolute atomic E-state index is 0.0461. The molecular formula is C23H18ClN5O2. The summed E-state index contributed by atoms with van der Waals surface area (Å²) in [6.07, 6.45) is 4.18. The van der Waals surface area contributed by atoms with Crippen molar-refractivity contribution in [2.45, 2.75) is 0 Å². The molecular weight excluding hydrogens is 414 g/mol. The molecule has 2 aromatic carbocycles. The van der Waals surface area contributed by atoms with Crippen LogP contribution in [0.2, 0.25) is 5.02 Å². The summed E-state index contributed by atoms with van der Waals surface area (Å²) in [6, 6.07) is 15.2. The monoisotopic (exact) mass is 431 g/mol. The predicted octanol–water partition coefficient (Wildman–Crippen LogP) is 4.02. The van der Waals surface area contributed by atoms with Crippen LogP contribution in [0.15, 0.2) is 71.9 Å². The van der Waals surface area contributed by atoms with Crippen molar-refractivity contribution in [3.8, 4) is 22.7 Å². The van der Waals surface area contributed by atoms with E-state index >= 15 is 0 Å². The van der Waals surface area contributed by atoms with Crippen molar-refractivity contribution in [1.29, 1.82) is 5.41 Å². The number of benzene rings is 2. The summed E-state index contributed by atoms with van der Waals surface area (Å²) in [5, 5.41) is 21.4. The minimum atomic E-state index is -0.316. The summed E-state index contributed by atoms with van der Waals surface area (Å²) < 4.78 is 1.36. The van der Waals surface area contributed by atoms with Gasteiger partial charge in [0.25, 0.3) is 5.56 Å². The zero-order valence-corrected chi connectivity index (χ0v) is 17.3. The standard InChI is InChI=1S/C23H18ClN5O2/c1-26-12-15(11-25)21-22-19(10-20(28-21)14-5-7-16(24)8-6-14)23(31)29(13-27-22)17-3-2-4-18(30)9-17/h2-13,25-26,30H,1H3/b15-12+,25-11?. The van der Waals surface area contributed by atoms with Crippen molar-refractivity contribution < 1.29 is 5.11 Å². The summed E-state index contributed by atoms with van der Waals surface area (Å²) in [5.74, 6) is 0.0461. The van der Waals surface area contributed by atoms with E-state index in [-0.39, 0.29) is 11.3 Å². The maximum Gasteiger partial charge on any atom is 0.265 e. The third-order valence-corrected chi connectivity index (χ3v) is 4.97. The molecule has 31 heavy (non-hydrogen) atoms. The molecule has 7 nitrogen and oxygen atoms in total. The van der Waals surface area contributed by atoms with Crippen molar-refractivity contribution in [3.63, 3.8) is 0 Å². The highest BCUT2D eigenvalue weighted by atomic mass is 35.5. The van der Waals surface area contributed by atoms with Crippen LogP contribution in [0, 0.1) is 5.41 Å². The molecule has 0 aliphatic rings. The van der Waals surface area contributed by atoms with E-state index in [1.54, 1.807) is 43.6 Å². The molecule has 0 amide bonds. The molecule has 0 aliphatic heterocycles. The van der Waals surface area contributed by atoms with Gasteiger partial charge < -0.3 is 15.8 Å². The SMILES string of the molecule is CN/C=C(\C=N)c1nc(-c2ccc(Cl)cc2)cc2c(=O)n(-c3cccc(O)c3)cnc12. The summed E-state index contributed by atoms with van der Waals surface area (Å²) in [7, 11) is 1.72. The first-order chi connectivity index (χ1) is 15.0. The predicted molar refractivity (Wildman–Crippen MR) is 123 cm³/mol. The molecule has 2 aromatic heterocycles. The second-order valence-corrected chi connectivity index (χ2v) is 7.17. The van der Waals surface area contributed by atoms with E-state index in [1.807, 2.05) is 12.1 Å². The van der Waals surface area contributed by atoms with Crippen LogP contribution < -0.4 is 10.9 Å². The number of fused-ring (bicyclic) bond motifs is 1. The van der Waals surface area contributed by atoms with Gasteiger partial charge in [0.15, 0.2) is 0 Å². The Morgan fingerprint density at radius 1 is 1.19 bits per heavy atom. The Kier molecular flexibility index (Phi) is 5.51. The topological polar surface area (TPSA) is 104 Å². The zero-order chi connectivity index (χ0) is 22.0. The van der Waals surface area contributed by atoms with E-state index in [4.69, 9.17) is 22.0 Å². The van der Waals surface area contributed by atoms with Gasteiger partial charge in [0.2, 0.25) is 0 Å². The molecule has 0 fully saturated rings. The highest BCUT2D eigenvalue weighted by molar-refractivity contribution is 6.30. The van der Waals surface area contributed by atoms with E-state index in [1.165, 1.54) is 23.0 Å². The smallest absolute Gasteiger partial charge is 0.265 e. The van der Waals surface area contributed by atoms with E-state index < -0.39 is 0 Å². The van der Waals surface area contributed by atoms with E-state index in [9.17, 15) is 9.90 Å². The molecule has 0 saturated heterocycles. The Balaban J connectivity index is 2.05. The number of nitrogens with zero attached hydrogens (tertiary/aromatic N) is 3. The van der Waals surface area contributed by atoms with Gasteiger partial charge in [-0.05, 0) is 30.3 Å². The molecule has 4 aromatic rings. The fourth-order valence-corrected chi connectivity index (χ4v) is 3.39.